The number of hydrogen-bond donors (Lipinski definition) is 1. The molecule has 2 aromatic rings. The van der Waals surface area contributed by atoms with Crippen molar-refractivity contribution in [1.82, 2.24) is 0 Å². The number of halogens is 3. The minimum absolute atomic E-state index is 0.124. The second-order valence-electron chi connectivity index (χ2n) is 7.10. The van der Waals surface area contributed by atoms with Crippen LogP contribution < -0.4 is 15.1 Å². The maximum Gasteiger partial charge on any atom is 0.257 e. The van der Waals surface area contributed by atoms with E-state index in [2.05, 4.69) is 15.1 Å². The molecule has 0 aliphatic carbocycles. The molecule has 160 valence electrons. The molecule has 0 radical (unpaired) electrons. The van der Waals surface area contributed by atoms with Crippen molar-refractivity contribution in [2.45, 2.75) is 0 Å². The fourth-order valence-electron chi connectivity index (χ4n) is 3.60. The van der Waals surface area contributed by atoms with Crippen LogP contribution in [-0.4, -0.2) is 58.5 Å². The lowest BCUT2D eigenvalue weighted by atomic mass is 10.1. The minimum Gasteiger partial charge on any atom is -0.378 e. The Bertz CT molecular complexity index is 932. The molecule has 0 bridgehead atoms. The number of nitrogens with one attached hydrogen (secondary N) is 1. The molecule has 2 aromatic carbocycles. The van der Waals surface area contributed by atoms with E-state index in [0.29, 0.717) is 45.2 Å². The predicted octanol–water partition coefficient (Wildman–Crippen LogP) is 3.54. The van der Waals surface area contributed by atoms with Gasteiger partial charge in [0.25, 0.3) is 5.91 Å². The number of nitrogens with zero attached hydrogens (tertiary/aromatic N) is 2. The highest BCUT2D eigenvalue weighted by molar-refractivity contribution is 6.34. The zero-order chi connectivity index (χ0) is 21.1. The molecule has 1 amide bonds. The quantitative estimate of drug-likeness (QED) is 0.741. The van der Waals surface area contributed by atoms with Gasteiger partial charge in [0.2, 0.25) is 0 Å². The van der Waals surface area contributed by atoms with E-state index in [1.54, 1.807) is 0 Å². The van der Waals surface area contributed by atoms with E-state index in [0.717, 1.165) is 36.6 Å². The van der Waals surface area contributed by atoms with Gasteiger partial charge in [0, 0.05) is 31.9 Å². The summed E-state index contributed by atoms with van der Waals surface area (Å²) in [6.45, 7) is 5.45. The van der Waals surface area contributed by atoms with E-state index in [-0.39, 0.29) is 10.6 Å². The van der Waals surface area contributed by atoms with Crippen LogP contribution >= 0.6 is 11.6 Å². The van der Waals surface area contributed by atoms with Gasteiger partial charge in [-0.15, -0.1) is 0 Å². The van der Waals surface area contributed by atoms with E-state index in [9.17, 15) is 13.6 Å². The third-order valence-electron chi connectivity index (χ3n) is 5.21. The van der Waals surface area contributed by atoms with Crippen LogP contribution in [0.25, 0.3) is 0 Å². The molecule has 4 rings (SSSR count). The molecule has 2 saturated heterocycles. The lowest BCUT2D eigenvalue weighted by Gasteiger charge is -2.33. The van der Waals surface area contributed by atoms with Crippen LogP contribution in [0, 0.1) is 11.6 Å². The largest absolute Gasteiger partial charge is 0.378 e. The van der Waals surface area contributed by atoms with E-state index in [1.165, 1.54) is 0 Å². The summed E-state index contributed by atoms with van der Waals surface area (Å²) >= 11 is 5.96. The van der Waals surface area contributed by atoms with Crippen LogP contribution in [0.2, 0.25) is 5.02 Å². The summed E-state index contributed by atoms with van der Waals surface area (Å²) in [5.41, 5.74) is 2.32. The van der Waals surface area contributed by atoms with Gasteiger partial charge in [-0.3, -0.25) is 4.79 Å². The topological polar surface area (TPSA) is 54.0 Å². The number of amides is 1. The van der Waals surface area contributed by atoms with E-state index >= 15 is 0 Å². The Balaban J connectivity index is 1.64. The SMILES string of the molecule is O=C(Nc1ccc(N2CCOCC2)cc1N1CCOCC1)c1cc(F)c(F)cc1Cl. The van der Waals surface area contributed by atoms with Crippen molar-refractivity contribution in [3.63, 3.8) is 0 Å². The highest BCUT2D eigenvalue weighted by Crippen LogP contribution is 2.33. The second-order valence-corrected chi connectivity index (χ2v) is 7.51. The highest BCUT2D eigenvalue weighted by atomic mass is 35.5. The Kier molecular flexibility index (Phi) is 6.36. The molecule has 2 aliphatic rings. The summed E-state index contributed by atoms with van der Waals surface area (Å²) < 4.78 is 37.9. The van der Waals surface area contributed by atoms with Gasteiger partial charge in [0.1, 0.15) is 0 Å². The monoisotopic (exact) mass is 437 g/mol. The number of rotatable bonds is 4. The average Bonchev–Trinajstić information content (AvgIpc) is 2.77. The first-order valence-corrected chi connectivity index (χ1v) is 10.2. The molecular weight excluding hydrogens is 416 g/mol. The van der Waals surface area contributed by atoms with Gasteiger partial charge in [0.05, 0.1) is 48.4 Å². The zero-order valence-electron chi connectivity index (χ0n) is 16.3. The van der Waals surface area contributed by atoms with E-state index in [4.69, 9.17) is 21.1 Å². The summed E-state index contributed by atoms with van der Waals surface area (Å²) in [6, 6.07) is 7.39. The van der Waals surface area contributed by atoms with Crippen molar-refractivity contribution < 1.29 is 23.0 Å². The van der Waals surface area contributed by atoms with Crippen molar-refractivity contribution in [2.24, 2.45) is 0 Å². The van der Waals surface area contributed by atoms with Crippen LogP contribution in [-0.2, 0) is 9.47 Å². The molecule has 2 aliphatic heterocycles. The molecule has 1 N–H and O–H groups in total. The Hall–Kier alpha value is -2.42. The Labute approximate surface area is 178 Å². The number of morpholine rings is 2. The fraction of sp³-hybridized carbons (Fsp3) is 0.381. The summed E-state index contributed by atoms with van der Waals surface area (Å²) in [5, 5.41) is 2.65. The van der Waals surface area contributed by atoms with E-state index in [1.807, 2.05) is 18.2 Å². The van der Waals surface area contributed by atoms with Crippen molar-refractivity contribution in [2.75, 3.05) is 67.7 Å². The van der Waals surface area contributed by atoms with Crippen LogP contribution in [0.1, 0.15) is 10.4 Å². The standard InChI is InChI=1S/C21H22ClF2N3O3/c22-16-13-18(24)17(23)12-15(16)21(28)25-19-2-1-14(26-3-7-29-8-4-26)11-20(19)27-5-9-30-10-6-27/h1-2,11-13H,3-10H2,(H,25,28). The van der Waals surface area contributed by atoms with Crippen LogP contribution in [0.4, 0.5) is 25.8 Å². The van der Waals surface area contributed by atoms with Gasteiger partial charge in [-0.1, -0.05) is 11.6 Å². The zero-order valence-corrected chi connectivity index (χ0v) is 17.1. The molecule has 9 heteroatoms. The van der Waals surface area contributed by atoms with Gasteiger partial charge in [-0.25, -0.2) is 8.78 Å². The molecule has 6 nitrogen and oxygen atoms in total. The molecule has 2 heterocycles. The van der Waals surface area contributed by atoms with E-state index < -0.39 is 17.5 Å². The third kappa shape index (κ3) is 4.50. The van der Waals surface area contributed by atoms with Crippen molar-refractivity contribution >= 4 is 34.6 Å². The number of anilines is 3. The number of carbonyl (C=O) groups is 1. The Morgan fingerprint density at radius 1 is 0.900 bits per heavy atom. The molecule has 30 heavy (non-hydrogen) atoms. The molecule has 0 unspecified atom stereocenters. The molecule has 2 fully saturated rings. The van der Waals surface area contributed by atoms with Crippen molar-refractivity contribution in [3.05, 3.63) is 52.6 Å². The lowest BCUT2D eigenvalue weighted by molar-refractivity contribution is 0.102. The van der Waals surface area contributed by atoms with Gasteiger partial charge in [-0.05, 0) is 30.3 Å². The van der Waals surface area contributed by atoms with Gasteiger partial charge in [-0.2, -0.15) is 0 Å². The van der Waals surface area contributed by atoms with Crippen molar-refractivity contribution in [3.8, 4) is 0 Å². The first-order valence-electron chi connectivity index (χ1n) is 9.78. The predicted molar refractivity (Wildman–Crippen MR) is 112 cm³/mol. The number of hydrogen-bond acceptors (Lipinski definition) is 5. The average molecular weight is 438 g/mol. The van der Waals surface area contributed by atoms with Crippen LogP contribution in [0.15, 0.2) is 30.3 Å². The van der Waals surface area contributed by atoms with Gasteiger partial charge in [0.15, 0.2) is 11.6 Å². The number of ether oxygens (including phenoxy) is 2. The third-order valence-corrected chi connectivity index (χ3v) is 5.52. The normalized spacial score (nSPS) is 17.2. The number of carbonyl (C=O) groups excluding carboxylic acids is 1. The van der Waals surface area contributed by atoms with Crippen molar-refractivity contribution in [1.29, 1.82) is 0 Å². The Morgan fingerprint density at radius 3 is 2.17 bits per heavy atom. The minimum atomic E-state index is -1.12. The lowest BCUT2D eigenvalue weighted by Crippen LogP contribution is -2.38. The first kappa shape index (κ1) is 20.8. The molecular formula is C21H22ClF2N3O3. The summed E-state index contributed by atoms with van der Waals surface area (Å²) in [5.74, 6) is -2.83. The molecule has 0 atom stereocenters. The summed E-state index contributed by atoms with van der Waals surface area (Å²) in [6.07, 6.45) is 0. The first-order chi connectivity index (χ1) is 14.5. The van der Waals surface area contributed by atoms with Gasteiger partial charge >= 0.3 is 0 Å². The summed E-state index contributed by atoms with van der Waals surface area (Å²) in [7, 11) is 0. The molecule has 0 spiro atoms. The maximum absolute atomic E-state index is 13.6. The highest BCUT2D eigenvalue weighted by Gasteiger charge is 2.21. The smallest absolute Gasteiger partial charge is 0.257 e. The molecule has 0 saturated carbocycles. The fourth-order valence-corrected chi connectivity index (χ4v) is 3.83. The number of benzene rings is 2. The van der Waals surface area contributed by atoms with Crippen LogP contribution in [0.3, 0.4) is 0 Å². The Morgan fingerprint density at radius 2 is 1.50 bits per heavy atom. The second kappa shape index (κ2) is 9.16. The summed E-state index contributed by atoms with van der Waals surface area (Å²) in [4.78, 5) is 17.1. The van der Waals surface area contributed by atoms with Gasteiger partial charge < -0.3 is 24.6 Å². The van der Waals surface area contributed by atoms with Crippen LogP contribution in [0.5, 0.6) is 0 Å². The maximum atomic E-state index is 13.6. The molecule has 0 aromatic heterocycles.